The van der Waals surface area contributed by atoms with Crippen molar-refractivity contribution in [3.63, 3.8) is 0 Å². The number of rotatable bonds is 9. The Morgan fingerprint density at radius 3 is 2.85 bits per heavy atom. The molecule has 0 aliphatic heterocycles. The van der Waals surface area contributed by atoms with Crippen LogP contribution in [0.1, 0.15) is 25.3 Å². The molecule has 1 aromatic carbocycles. The molecule has 0 spiro atoms. The number of aliphatic carboxylic acids is 1. The first-order chi connectivity index (χ1) is 9.45. The van der Waals surface area contributed by atoms with Crippen LogP contribution in [0.5, 0.6) is 5.75 Å². The average molecular weight is 317 g/mol. The zero-order chi connectivity index (χ0) is 15.0. The summed E-state index contributed by atoms with van der Waals surface area (Å²) < 4.78 is 11.3. The summed E-state index contributed by atoms with van der Waals surface area (Å²) in [4.78, 5) is 10.5. The monoisotopic (exact) mass is 317 g/mol. The van der Waals surface area contributed by atoms with Crippen LogP contribution in [-0.2, 0) is 21.1 Å². The fourth-order valence-electron chi connectivity index (χ4n) is 1.54. The summed E-state index contributed by atoms with van der Waals surface area (Å²) in [6, 6.07) is 7.57. The smallest absolute Gasteiger partial charge is 0.312 e. The minimum atomic E-state index is -2.63. The maximum Gasteiger partial charge on any atom is 0.312 e. The van der Waals surface area contributed by atoms with E-state index in [0.29, 0.717) is 25.3 Å². The molecule has 1 aromatic rings. The summed E-state index contributed by atoms with van der Waals surface area (Å²) in [7, 11) is 0. The zero-order valence-corrected chi connectivity index (χ0v) is 13.4. The Labute approximate surface area is 124 Å². The van der Waals surface area contributed by atoms with Gasteiger partial charge in [-0.05, 0) is 49.8 Å². The largest absolute Gasteiger partial charge is 0.481 e. The van der Waals surface area contributed by atoms with Crippen LogP contribution in [-0.4, -0.2) is 24.2 Å². The molecule has 0 saturated heterocycles. The predicted octanol–water partition coefficient (Wildman–Crippen LogP) is 3.09. The molecule has 0 aliphatic rings. The molecule has 0 bridgehead atoms. The first-order valence-electron chi connectivity index (χ1n) is 6.43. The minimum Gasteiger partial charge on any atom is -0.481 e. The van der Waals surface area contributed by atoms with Gasteiger partial charge < -0.3 is 14.2 Å². The highest BCUT2D eigenvalue weighted by atomic mass is 32.5. The van der Waals surface area contributed by atoms with Crippen molar-refractivity contribution in [3.05, 3.63) is 29.8 Å². The van der Waals surface area contributed by atoms with E-state index in [-0.39, 0.29) is 6.42 Å². The van der Waals surface area contributed by atoms with Crippen molar-refractivity contribution in [2.45, 2.75) is 26.7 Å². The molecule has 0 fully saturated rings. The summed E-state index contributed by atoms with van der Waals surface area (Å²) in [6.45, 7) is 2.08. The van der Waals surface area contributed by atoms with Gasteiger partial charge in [0, 0.05) is 13.0 Å². The molecule has 1 unspecified atom stereocenters. The predicted molar refractivity (Wildman–Crippen MR) is 82.6 cm³/mol. The third kappa shape index (κ3) is 6.48. The van der Waals surface area contributed by atoms with Crippen LogP contribution < -0.4 is 9.61 Å². The first-order valence-corrected chi connectivity index (χ1v) is 9.07. The van der Waals surface area contributed by atoms with E-state index < -0.39 is 12.6 Å². The Hall–Kier alpha value is -0.940. The Morgan fingerprint density at radius 1 is 1.50 bits per heavy atom. The van der Waals surface area contributed by atoms with Crippen LogP contribution in [0.25, 0.3) is 0 Å². The molecule has 0 radical (unpaired) electrons. The van der Waals surface area contributed by atoms with Crippen LogP contribution in [0.2, 0.25) is 0 Å². The molecule has 0 amide bonds. The number of hydrogen-bond acceptors (Lipinski definition) is 4. The summed E-state index contributed by atoms with van der Waals surface area (Å²) in [6.07, 6.45) is 0.580. The topological polar surface area (TPSA) is 67.8 Å². The first kappa shape index (κ1) is 17.1. The molecule has 5 nitrogen and oxygen atoms in total. The fourth-order valence-corrected chi connectivity index (χ4v) is 3.76. The number of aryl methyl sites for hydroxylation is 1. The lowest BCUT2D eigenvalue weighted by Crippen LogP contribution is -2.18. The molecule has 0 saturated carbocycles. The molecule has 1 atom stereocenters. The minimum absolute atomic E-state index is 0.0961. The van der Waals surface area contributed by atoms with Gasteiger partial charge in [0.25, 0.3) is 0 Å². The second kappa shape index (κ2) is 8.37. The number of carboxylic acid groups (broad SMARTS) is 1. The van der Waals surface area contributed by atoms with Crippen LogP contribution in [0.15, 0.2) is 24.3 Å². The van der Waals surface area contributed by atoms with Crippen LogP contribution in [0.4, 0.5) is 0 Å². The highest BCUT2D eigenvalue weighted by Crippen LogP contribution is 2.44. The normalized spacial score (nSPS) is 13.7. The highest BCUT2D eigenvalue weighted by Gasteiger charge is 2.19. The number of carboxylic acids is 1. The van der Waals surface area contributed by atoms with Gasteiger partial charge in [-0.1, -0.05) is 12.1 Å². The van der Waals surface area contributed by atoms with Crippen molar-refractivity contribution in [2.24, 2.45) is 0 Å². The van der Waals surface area contributed by atoms with Gasteiger partial charge in [-0.15, -0.1) is 0 Å². The van der Waals surface area contributed by atoms with Gasteiger partial charge in [-0.3, -0.25) is 4.79 Å². The molecule has 1 rings (SSSR count). The molecule has 112 valence electrons. The van der Waals surface area contributed by atoms with E-state index in [1.54, 1.807) is 0 Å². The molecule has 2 N–H and O–H groups in total. The van der Waals surface area contributed by atoms with Gasteiger partial charge >= 0.3 is 12.6 Å². The maximum absolute atomic E-state index is 10.5. The molecule has 7 heteroatoms. The lowest BCUT2D eigenvalue weighted by atomic mass is 10.2. The van der Waals surface area contributed by atoms with E-state index >= 15 is 0 Å². The number of carbonyl (C=O) groups is 1. The summed E-state index contributed by atoms with van der Waals surface area (Å²) in [5, 5.41) is 11.6. The number of nitrogens with one attached hydrogen (secondary N) is 1. The molecular weight excluding hydrogens is 297 g/mol. The van der Waals surface area contributed by atoms with Gasteiger partial charge in [-0.25, -0.2) is 5.09 Å². The van der Waals surface area contributed by atoms with Crippen LogP contribution >= 0.6 is 6.64 Å². The standard InChI is InChI=1S/C13H20NO4PS/c1-3-17-19(20,14-9-5-8-13(15)16)18-12-7-4-6-11(2)10-12/h4,6-7,10H,3,5,8-9H2,1-2H3,(H,14,20)(H,15,16). The van der Waals surface area contributed by atoms with Gasteiger partial charge in [0.2, 0.25) is 0 Å². The van der Waals surface area contributed by atoms with Crippen LogP contribution in [0, 0.1) is 6.92 Å². The van der Waals surface area contributed by atoms with Gasteiger partial charge in [0.1, 0.15) is 5.75 Å². The van der Waals surface area contributed by atoms with E-state index in [2.05, 4.69) is 5.09 Å². The van der Waals surface area contributed by atoms with E-state index in [4.69, 9.17) is 26.0 Å². The Bertz CT molecular complexity index is 495. The maximum atomic E-state index is 10.5. The Morgan fingerprint density at radius 2 is 2.25 bits per heavy atom. The van der Waals surface area contributed by atoms with E-state index in [1.165, 1.54) is 0 Å². The second-order valence-corrected chi connectivity index (χ2v) is 7.42. The molecule has 0 aliphatic carbocycles. The van der Waals surface area contributed by atoms with Crippen molar-refractivity contribution < 1.29 is 18.9 Å². The highest BCUT2D eigenvalue weighted by molar-refractivity contribution is 8.09. The van der Waals surface area contributed by atoms with Crippen molar-refractivity contribution in [1.82, 2.24) is 5.09 Å². The van der Waals surface area contributed by atoms with Gasteiger partial charge in [0.15, 0.2) is 0 Å². The van der Waals surface area contributed by atoms with Crippen LogP contribution in [0.3, 0.4) is 0 Å². The Kier molecular flexibility index (Phi) is 7.16. The molecule has 20 heavy (non-hydrogen) atoms. The van der Waals surface area contributed by atoms with Crippen molar-refractivity contribution >= 4 is 24.4 Å². The SMILES string of the molecule is CCOP(=S)(NCCCC(=O)O)Oc1cccc(C)c1. The quantitative estimate of drug-likeness (QED) is 0.539. The van der Waals surface area contributed by atoms with E-state index in [0.717, 1.165) is 5.56 Å². The van der Waals surface area contributed by atoms with Gasteiger partial charge in [-0.2, -0.15) is 0 Å². The summed E-state index contributed by atoms with van der Waals surface area (Å²) in [5.41, 5.74) is 1.08. The third-order valence-electron chi connectivity index (χ3n) is 2.39. The summed E-state index contributed by atoms with van der Waals surface area (Å²) in [5.74, 6) is -0.163. The zero-order valence-electron chi connectivity index (χ0n) is 11.7. The van der Waals surface area contributed by atoms with E-state index in [1.807, 2.05) is 38.1 Å². The molecule has 0 heterocycles. The number of benzene rings is 1. The van der Waals surface area contributed by atoms with Crippen molar-refractivity contribution in [2.75, 3.05) is 13.2 Å². The van der Waals surface area contributed by atoms with Crippen molar-refractivity contribution in [3.8, 4) is 5.75 Å². The molecule has 0 aromatic heterocycles. The lowest BCUT2D eigenvalue weighted by Gasteiger charge is -2.23. The average Bonchev–Trinajstić information content (AvgIpc) is 2.35. The Balaban J connectivity index is 2.61. The molecular formula is C13H20NO4PS. The fraction of sp³-hybridized carbons (Fsp3) is 0.462. The van der Waals surface area contributed by atoms with Gasteiger partial charge in [0.05, 0.1) is 6.61 Å². The summed E-state index contributed by atoms with van der Waals surface area (Å²) >= 11 is 5.41. The number of hydrogen-bond donors (Lipinski definition) is 2. The third-order valence-corrected chi connectivity index (χ3v) is 4.97. The lowest BCUT2D eigenvalue weighted by molar-refractivity contribution is -0.137. The second-order valence-electron chi connectivity index (χ2n) is 4.23. The van der Waals surface area contributed by atoms with Crippen molar-refractivity contribution in [1.29, 1.82) is 0 Å². The van der Waals surface area contributed by atoms with E-state index in [9.17, 15) is 4.79 Å².